The van der Waals surface area contributed by atoms with Crippen molar-refractivity contribution in [3.8, 4) is 0 Å². The molecular formula is C12H17N. The first-order valence-electron chi connectivity index (χ1n) is 4.83. The lowest BCUT2D eigenvalue weighted by molar-refractivity contribution is 0.998. The van der Waals surface area contributed by atoms with Crippen molar-refractivity contribution in [2.75, 3.05) is 0 Å². The van der Waals surface area contributed by atoms with Gasteiger partial charge in [-0.2, -0.15) is 0 Å². The zero-order chi connectivity index (χ0) is 9.84. The standard InChI is InChI=1S/C12H17N/c1-5-9(3)12-8-7-11(6-2)13-10(12)4/h7-8H,3,5-6H2,1-2,4H3. The SMILES string of the molecule is C=C(CC)c1ccc(CC)nc1C. The van der Waals surface area contributed by atoms with Gasteiger partial charge in [-0.15, -0.1) is 0 Å². The van der Waals surface area contributed by atoms with E-state index in [2.05, 4.69) is 44.5 Å². The lowest BCUT2D eigenvalue weighted by atomic mass is 10.0. The largest absolute Gasteiger partial charge is 0.258 e. The Balaban J connectivity index is 3.05. The molecule has 70 valence electrons. The molecule has 1 aromatic heterocycles. The van der Waals surface area contributed by atoms with Gasteiger partial charge in [-0.3, -0.25) is 4.98 Å². The fourth-order valence-electron chi connectivity index (χ4n) is 1.37. The average molecular weight is 175 g/mol. The van der Waals surface area contributed by atoms with Crippen LogP contribution in [0.2, 0.25) is 0 Å². The van der Waals surface area contributed by atoms with Crippen LogP contribution in [0.1, 0.15) is 37.2 Å². The van der Waals surface area contributed by atoms with Crippen molar-refractivity contribution in [3.05, 3.63) is 35.7 Å². The molecule has 0 amide bonds. The van der Waals surface area contributed by atoms with E-state index < -0.39 is 0 Å². The molecule has 0 atom stereocenters. The first kappa shape index (κ1) is 9.97. The van der Waals surface area contributed by atoms with Crippen molar-refractivity contribution < 1.29 is 0 Å². The Labute approximate surface area is 80.5 Å². The molecule has 1 rings (SSSR count). The molecule has 0 aromatic carbocycles. The zero-order valence-corrected chi connectivity index (χ0v) is 8.72. The maximum atomic E-state index is 4.50. The van der Waals surface area contributed by atoms with Crippen LogP contribution in [0.5, 0.6) is 0 Å². The average Bonchev–Trinajstić information content (AvgIpc) is 2.16. The Bertz CT molecular complexity index is 313. The molecule has 0 saturated heterocycles. The number of aromatic nitrogens is 1. The summed E-state index contributed by atoms with van der Waals surface area (Å²) >= 11 is 0. The van der Waals surface area contributed by atoms with Crippen LogP contribution in [0, 0.1) is 6.92 Å². The molecule has 0 aliphatic rings. The van der Waals surface area contributed by atoms with Gasteiger partial charge < -0.3 is 0 Å². The minimum atomic E-state index is 0.994. The highest BCUT2D eigenvalue weighted by molar-refractivity contribution is 5.64. The molecule has 0 N–H and O–H groups in total. The van der Waals surface area contributed by atoms with Gasteiger partial charge in [-0.1, -0.05) is 26.5 Å². The highest BCUT2D eigenvalue weighted by Crippen LogP contribution is 2.18. The first-order valence-corrected chi connectivity index (χ1v) is 4.83. The van der Waals surface area contributed by atoms with Crippen LogP contribution in [-0.2, 0) is 6.42 Å². The van der Waals surface area contributed by atoms with Crippen LogP contribution >= 0.6 is 0 Å². The Kier molecular flexibility index (Phi) is 3.24. The van der Waals surface area contributed by atoms with Crippen LogP contribution in [0.3, 0.4) is 0 Å². The molecule has 0 fully saturated rings. The summed E-state index contributed by atoms with van der Waals surface area (Å²) in [5.74, 6) is 0. The number of allylic oxidation sites excluding steroid dienone is 1. The molecule has 13 heavy (non-hydrogen) atoms. The second kappa shape index (κ2) is 4.22. The van der Waals surface area contributed by atoms with E-state index in [4.69, 9.17) is 0 Å². The van der Waals surface area contributed by atoms with Gasteiger partial charge in [0.25, 0.3) is 0 Å². The topological polar surface area (TPSA) is 12.9 Å². The van der Waals surface area contributed by atoms with Gasteiger partial charge in [0.1, 0.15) is 0 Å². The third-order valence-electron chi connectivity index (χ3n) is 2.31. The molecule has 0 aliphatic heterocycles. The summed E-state index contributed by atoms with van der Waals surface area (Å²) in [7, 11) is 0. The number of hydrogen-bond acceptors (Lipinski definition) is 1. The fraction of sp³-hybridized carbons (Fsp3) is 0.417. The van der Waals surface area contributed by atoms with Crippen LogP contribution in [0.25, 0.3) is 5.57 Å². The third-order valence-corrected chi connectivity index (χ3v) is 2.31. The highest BCUT2D eigenvalue weighted by Gasteiger charge is 2.02. The van der Waals surface area contributed by atoms with Crippen molar-refractivity contribution in [1.29, 1.82) is 0 Å². The Hall–Kier alpha value is -1.11. The number of nitrogens with zero attached hydrogens (tertiary/aromatic N) is 1. The quantitative estimate of drug-likeness (QED) is 0.686. The molecule has 1 aromatic rings. The van der Waals surface area contributed by atoms with Crippen molar-refractivity contribution in [2.24, 2.45) is 0 Å². The number of hydrogen-bond donors (Lipinski definition) is 0. The maximum Gasteiger partial charge on any atom is 0.0450 e. The summed E-state index contributed by atoms with van der Waals surface area (Å²) in [6.07, 6.45) is 1.99. The second-order valence-electron chi connectivity index (χ2n) is 3.25. The number of pyridine rings is 1. The summed E-state index contributed by atoms with van der Waals surface area (Å²) in [5, 5.41) is 0. The van der Waals surface area contributed by atoms with Gasteiger partial charge in [0, 0.05) is 11.4 Å². The molecule has 0 spiro atoms. The third kappa shape index (κ3) is 2.18. The van der Waals surface area contributed by atoms with Crippen molar-refractivity contribution in [1.82, 2.24) is 4.98 Å². The number of aryl methyl sites for hydroxylation is 2. The molecule has 0 saturated carbocycles. The lowest BCUT2D eigenvalue weighted by Crippen LogP contribution is -1.95. The van der Waals surface area contributed by atoms with Crippen LogP contribution in [0.4, 0.5) is 0 Å². The van der Waals surface area contributed by atoms with Gasteiger partial charge in [-0.25, -0.2) is 0 Å². The van der Waals surface area contributed by atoms with Gasteiger partial charge in [0.05, 0.1) is 0 Å². The van der Waals surface area contributed by atoms with E-state index in [0.717, 1.165) is 24.2 Å². The van der Waals surface area contributed by atoms with Crippen LogP contribution in [0.15, 0.2) is 18.7 Å². The van der Waals surface area contributed by atoms with Gasteiger partial charge in [-0.05, 0) is 37.0 Å². The predicted octanol–water partition coefficient (Wildman–Crippen LogP) is 3.38. The van der Waals surface area contributed by atoms with E-state index in [1.54, 1.807) is 0 Å². The van der Waals surface area contributed by atoms with E-state index in [-0.39, 0.29) is 0 Å². The molecule has 1 heteroatoms. The Morgan fingerprint density at radius 1 is 1.38 bits per heavy atom. The molecule has 0 bridgehead atoms. The first-order chi connectivity index (χ1) is 6.19. The molecule has 0 aliphatic carbocycles. The van der Waals surface area contributed by atoms with Crippen molar-refractivity contribution in [2.45, 2.75) is 33.6 Å². The zero-order valence-electron chi connectivity index (χ0n) is 8.72. The molecule has 1 heterocycles. The molecule has 0 radical (unpaired) electrons. The molecule has 0 unspecified atom stereocenters. The van der Waals surface area contributed by atoms with Gasteiger partial charge in [0.15, 0.2) is 0 Å². The van der Waals surface area contributed by atoms with E-state index in [1.165, 1.54) is 11.1 Å². The number of rotatable bonds is 3. The highest BCUT2D eigenvalue weighted by atomic mass is 14.7. The van der Waals surface area contributed by atoms with Crippen LogP contribution < -0.4 is 0 Å². The summed E-state index contributed by atoms with van der Waals surface area (Å²) < 4.78 is 0. The minimum Gasteiger partial charge on any atom is -0.258 e. The monoisotopic (exact) mass is 175 g/mol. The molecular weight excluding hydrogens is 158 g/mol. The Morgan fingerprint density at radius 2 is 2.08 bits per heavy atom. The summed E-state index contributed by atoms with van der Waals surface area (Å²) in [6.45, 7) is 10.3. The minimum absolute atomic E-state index is 0.994. The summed E-state index contributed by atoms with van der Waals surface area (Å²) in [5.41, 5.74) is 4.64. The van der Waals surface area contributed by atoms with Crippen molar-refractivity contribution >= 4 is 5.57 Å². The van der Waals surface area contributed by atoms with E-state index >= 15 is 0 Å². The fourth-order valence-corrected chi connectivity index (χ4v) is 1.37. The van der Waals surface area contributed by atoms with E-state index in [0.29, 0.717) is 0 Å². The van der Waals surface area contributed by atoms with E-state index in [1.807, 2.05) is 0 Å². The van der Waals surface area contributed by atoms with Crippen LogP contribution in [-0.4, -0.2) is 4.98 Å². The second-order valence-corrected chi connectivity index (χ2v) is 3.25. The maximum absolute atomic E-state index is 4.50. The Morgan fingerprint density at radius 3 is 2.54 bits per heavy atom. The summed E-state index contributed by atoms with van der Waals surface area (Å²) in [6, 6.07) is 4.22. The predicted molar refractivity (Wildman–Crippen MR) is 57.7 cm³/mol. The van der Waals surface area contributed by atoms with Gasteiger partial charge in [0.2, 0.25) is 0 Å². The van der Waals surface area contributed by atoms with Gasteiger partial charge >= 0.3 is 0 Å². The van der Waals surface area contributed by atoms with Crippen molar-refractivity contribution in [3.63, 3.8) is 0 Å². The smallest absolute Gasteiger partial charge is 0.0450 e. The lowest BCUT2D eigenvalue weighted by Gasteiger charge is -2.07. The summed E-state index contributed by atoms with van der Waals surface area (Å²) in [4.78, 5) is 4.50. The van der Waals surface area contributed by atoms with E-state index in [9.17, 15) is 0 Å². The molecule has 1 nitrogen and oxygen atoms in total. The normalized spacial score (nSPS) is 10.1.